The van der Waals surface area contributed by atoms with E-state index in [4.69, 9.17) is 10.6 Å². The molecule has 3 N–H and O–H groups in total. The molecule has 0 aliphatic carbocycles. The van der Waals surface area contributed by atoms with Crippen molar-refractivity contribution in [3.63, 3.8) is 0 Å². The summed E-state index contributed by atoms with van der Waals surface area (Å²) in [5.41, 5.74) is 3.56. The van der Waals surface area contributed by atoms with Gasteiger partial charge in [0.25, 0.3) is 0 Å². The maximum Gasteiger partial charge on any atom is 0.126 e. The van der Waals surface area contributed by atoms with E-state index in [1.165, 1.54) is 6.07 Å². The molecule has 0 amide bonds. The van der Waals surface area contributed by atoms with E-state index in [0.29, 0.717) is 30.1 Å². The van der Waals surface area contributed by atoms with Crippen LogP contribution in [0.2, 0.25) is 0 Å². The molecule has 3 nitrogen and oxygen atoms in total. The van der Waals surface area contributed by atoms with Crippen LogP contribution < -0.4 is 11.3 Å². The molecule has 1 aromatic rings. The van der Waals surface area contributed by atoms with Crippen molar-refractivity contribution in [1.29, 1.82) is 0 Å². The van der Waals surface area contributed by atoms with Crippen molar-refractivity contribution in [3.05, 3.63) is 34.1 Å². The minimum Gasteiger partial charge on any atom is -0.375 e. The molecule has 0 radical (unpaired) electrons. The van der Waals surface area contributed by atoms with Crippen LogP contribution in [-0.2, 0) is 11.2 Å². The second-order valence-corrected chi connectivity index (χ2v) is 6.40. The molecule has 2 heterocycles. The zero-order valence-corrected chi connectivity index (χ0v) is 12.2. The van der Waals surface area contributed by atoms with Gasteiger partial charge in [-0.25, -0.2) is 4.39 Å². The number of hydrazine groups is 1. The monoisotopic (exact) mass is 328 g/mol. The second kappa shape index (κ2) is 5.48. The van der Waals surface area contributed by atoms with Crippen LogP contribution in [0.5, 0.6) is 0 Å². The molecule has 4 unspecified atom stereocenters. The minimum absolute atomic E-state index is 0.0686. The van der Waals surface area contributed by atoms with E-state index in [1.54, 1.807) is 6.07 Å². The van der Waals surface area contributed by atoms with E-state index in [9.17, 15) is 4.39 Å². The first-order chi connectivity index (χ1) is 9.17. The Morgan fingerprint density at radius 1 is 1.47 bits per heavy atom. The molecule has 2 aliphatic heterocycles. The summed E-state index contributed by atoms with van der Waals surface area (Å²) in [5, 5.41) is 0. The highest BCUT2D eigenvalue weighted by Gasteiger charge is 2.44. The molecule has 19 heavy (non-hydrogen) atoms. The number of hydrogen-bond acceptors (Lipinski definition) is 3. The van der Waals surface area contributed by atoms with Gasteiger partial charge in [0, 0.05) is 16.4 Å². The molecule has 5 heteroatoms. The summed E-state index contributed by atoms with van der Waals surface area (Å²) >= 11 is 3.38. The van der Waals surface area contributed by atoms with Crippen molar-refractivity contribution < 1.29 is 9.13 Å². The van der Waals surface area contributed by atoms with Gasteiger partial charge in [0.05, 0.1) is 12.2 Å². The molecule has 1 aromatic carbocycles. The Balaban J connectivity index is 1.74. The van der Waals surface area contributed by atoms with Crippen LogP contribution in [0.1, 0.15) is 24.8 Å². The Morgan fingerprint density at radius 2 is 2.32 bits per heavy atom. The van der Waals surface area contributed by atoms with E-state index < -0.39 is 0 Å². The Kier molecular flexibility index (Phi) is 3.89. The van der Waals surface area contributed by atoms with Crippen LogP contribution in [0.4, 0.5) is 4.39 Å². The third kappa shape index (κ3) is 2.70. The summed E-state index contributed by atoms with van der Waals surface area (Å²) in [6.45, 7) is 0. The van der Waals surface area contributed by atoms with Crippen LogP contribution >= 0.6 is 15.9 Å². The second-order valence-electron chi connectivity index (χ2n) is 5.49. The normalized spacial score (nSPS) is 30.8. The first-order valence-electron chi connectivity index (χ1n) is 6.73. The number of nitrogens with two attached hydrogens (primary N) is 1. The molecular formula is C14H18BrFN2O. The predicted octanol–water partition coefficient (Wildman–Crippen LogP) is 2.53. The number of hydrogen-bond donors (Lipinski definition) is 2. The summed E-state index contributed by atoms with van der Waals surface area (Å²) in [6.07, 6.45) is 4.58. The highest BCUT2D eigenvalue weighted by atomic mass is 79.9. The van der Waals surface area contributed by atoms with Crippen molar-refractivity contribution in [2.75, 3.05) is 0 Å². The molecule has 0 aromatic heterocycles. The van der Waals surface area contributed by atoms with Gasteiger partial charge >= 0.3 is 0 Å². The number of nitrogens with one attached hydrogen (secondary N) is 1. The molecule has 4 atom stereocenters. The Hall–Kier alpha value is -0.490. The molecule has 3 rings (SSSR count). The number of rotatable bonds is 4. The van der Waals surface area contributed by atoms with E-state index in [0.717, 1.165) is 23.7 Å². The van der Waals surface area contributed by atoms with E-state index in [1.807, 2.05) is 6.07 Å². The Morgan fingerprint density at radius 3 is 2.95 bits per heavy atom. The van der Waals surface area contributed by atoms with Gasteiger partial charge in [-0.1, -0.05) is 15.9 Å². The summed E-state index contributed by atoms with van der Waals surface area (Å²) in [5.74, 6) is 5.90. The van der Waals surface area contributed by atoms with Crippen molar-refractivity contribution in [1.82, 2.24) is 5.43 Å². The molecular weight excluding hydrogens is 311 g/mol. The Bertz CT molecular complexity index is 471. The predicted molar refractivity (Wildman–Crippen MR) is 74.9 cm³/mol. The Labute approximate surface area is 120 Å². The molecule has 104 valence electrons. The quantitative estimate of drug-likeness (QED) is 0.659. The van der Waals surface area contributed by atoms with Gasteiger partial charge < -0.3 is 4.74 Å². The third-order valence-electron chi connectivity index (χ3n) is 4.33. The van der Waals surface area contributed by atoms with Crippen molar-refractivity contribution in [2.24, 2.45) is 11.8 Å². The number of benzene rings is 1. The van der Waals surface area contributed by atoms with Gasteiger partial charge in [0.2, 0.25) is 0 Å². The fourth-order valence-corrected chi connectivity index (χ4v) is 3.78. The van der Waals surface area contributed by atoms with E-state index in [-0.39, 0.29) is 11.9 Å². The van der Waals surface area contributed by atoms with Crippen molar-refractivity contribution in [3.8, 4) is 0 Å². The van der Waals surface area contributed by atoms with Crippen LogP contribution in [0.25, 0.3) is 0 Å². The van der Waals surface area contributed by atoms with Crippen LogP contribution in [0.15, 0.2) is 22.7 Å². The van der Waals surface area contributed by atoms with Gasteiger partial charge in [-0.3, -0.25) is 11.3 Å². The van der Waals surface area contributed by atoms with Crippen LogP contribution in [0.3, 0.4) is 0 Å². The summed E-state index contributed by atoms with van der Waals surface area (Å²) in [4.78, 5) is 0. The highest BCUT2D eigenvalue weighted by Crippen LogP contribution is 2.41. The lowest BCUT2D eigenvalue weighted by molar-refractivity contribution is 0.0856. The van der Waals surface area contributed by atoms with Gasteiger partial charge in [-0.2, -0.15) is 0 Å². The summed E-state index contributed by atoms with van der Waals surface area (Å²) < 4.78 is 20.6. The topological polar surface area (TPSA) is 47.3 Å². The van der Waals surface area contributed by atoms with Gasteiger partial charge in [0.1, 0.15) is 5.82 Å². The lowest BCUT2D eigenvalue weighted by atomic mass is 9.81. The summed E-state index contributed by atoms with van der Waals surface area (Å²) in [7, 11) is 0. The standard InChI is InChI=1S/C14H18BrFN2O/c15-9-1-3-12(16)8(5-9)6-13(18-17)11-7-10-2-4-14(11)19-10/h1,3,5,10-11,13-14,18H,2,4,6-7,17H2. The maximum atomic E-state index is 13.8. The zero-order valence-electron chi connectivity index (χ0n) is 10.6. The van der Waals surface area contributed by atoms with Crippen molar-refractivity contribution >= 4 is 15.9 Å². The fraction of sp³-hybridized carbons (Fsp3) is 0.571. The third-order valence-corrected chi connectivity index (χ3v) is 4.82. The lowest BCUT2D eigenvalue weighted by Crippen LogP contribution is -2.45. The first-order valence-corrected chi connectivity index (χ1v) is 7.52. The molecule has 2 aliphatic rings. The largest absolute Gasteiger partial charge is 0.375 e. The number of fused-ring (bicyclic) bond motifs is 2. The molecule has 0 spiro atoms. The van der Waals surface area contributed by atoms with Crippen LogP contribution in [-0.4, -0.2) is 18.2 Å². The first kappa shape index (κ1) is 13.5. The SMILES string of the molecule is NNC(Cc1cc(Br)ccc1F)C1CC2CCC1O2. The van der Waals surface area contributed by atoms with E-state index in [2.05, 4.69) is 21.4 Å². The molecule has 2 bridgehead atoms. The van der Waals surface area contributed by atoms with Crippen LogP contribution in [0, 0.1) is 11.7 Å². The van der Waals surface area contributed by atoms with E-state index >= 15 is 0 Å². The summed E-state index contributed by atoms with van der Waals surface area (Å²) in [6, 6.07) is 5.10. The molecule has 2 fully saturated rings. The number of ether oxygens (including phenoxy) is 1. The fourth-order valence-electron chi connectivity index (χ4n) is 3.37. The van der Waals surface area contributed by atoms with Gasteiger partial charge in [-0.05, 0) is 49.4 Å². The molecule has 0 saturated carbocycles. The maximum absolute atomic E-state index is 13.8. The minimum atomic E-state index is -0.174. The smallest absolute Gasteiger partial charge is 0.126 e. The van der Waals surface area contributed by atoms with Gasteiger partial charge in [-0.15, -0.1) is 0 Å². The number of halogens is 2. The average Bonchev–Trinajstić information content (AvgIpc) is 3.02. The highest BCUT2D eigenvalue weighted by molar-refractivity contribution is 9.10. The van der Waals surface area contributed by atoms with Crippen molar-refractivity contribution in [2.45, 2.75) is 43.9 Å². The lowest BCUT2D eigenvalue weighted by Gasteiger charge is -2.28. The average molecular weight is 329 g/mol. The zero-order chi connectivity index (χ0) is 13.4. The molecule has 2 saturated heterocycles. The van der Waals surface area contributed by atoms with Gasteiger partial charge in [0.15, 0.2) is 0 Å².